The molecule has 2 N–H and O–H groups in total. The van der Waals surface area contributed by atoms with E-state index in [9.17, 15) is 19.1 Å². The Balaban J connectivity index is 1.49. The molecule has 1 amide bonds. The zero-order valence-electron chi connectivity index (χ0n) is 25.2. The van der Waals surface area contributed by atoms with Crippen LogP contribution in [0.2, 0.25) is 0 Å². The van der Waals surface area contributed by atoms with E-state index in [2.05, 4.69) is 36.2 Å². The smallest absolute Gasteiger partial charge is 0.326 e. The molecule has 0 bridgehead atoms. The number of amides is 1. The van der Waals surface area contributed by atoms with Gasteiger partial charge in [0.25, 0.3) is 5.91 Å². The minimum Gasteiger partial charge on any atom is -0.496 e. The normalized spacial score (nSPS) is 15.7. The molecule has 0 spiro atoms. The molecule has 5 rings (SSSR count). The number of ether oxygens (including phenoxy) is 1. The van der Waals surface area contributed by atoms with E-state index in [4.69, 9.17) is 4.74 Å². The Morgan fingerprint density at radius 1 is 0.953 bits per heavy atom. The van der Waals surface area contributed by atoms with Crippen LogP contribution in [0, 0.1) is 18.2 Å². The number of halogens is 1. The Labute approximate surface area is 252 Å². The van der Waals surface area contributed by atoms with E-state index in [0.29, 0.717) is 11.0 Å². The second-order valence-corrected chi connectivity index (χ2v) is 12.3. The Hall–Kier alpha value is -4.23. The van der Waals surface area contributed by atoms with Crippen LogP contribution in [0.1, 0.15) is 53.7 Å². The lowest BCUT2D eigenvalue weighted by atomic mass is 9.82. The van der Waals surface area contributed by atoms with Crippen molar-refractivity contribution in [2.75, 3.05) is 20.2 Å². The standard InChI is InChI=1S/C36H39FN2O4/c1-23-9-5-15-29(37)32(23)34(40)38-30(35(41)42)21-24-10-6-13-27-26(24)12-8-14-28(27)33-25(11-7-16-31(33)43-4)22-39-19-17-36(2,3)18-20-39/h5-16,30H,17-22H2,1-4H3,(H,38,40)(H,41,42)/t30-/m0/s1. The number of aliphatic carboxylic acids is 1. The Bertz CT molecular complexity index is 1630. The summed E-state index contributed by atoms with van der Waals surface area (Å²) in [5, 5.41) is 14.4. The van der Waals surface area contributed by atoms with E-state index in [1.54, 1.807) is 20.1 Å². The number of fused-ring (bicyclic) bond motifs is 1. The van der Waals surface area contributed by atoms with Gasteiger partial charge < -0.3 is 15.2 Å². The number of carboxylic acid groups (broad SMARTS) is 1. The molecule has 1 aliphatic heterocycles. The van der Waals surface area contributed by atoms with Gasteiger partial charge in [0.2, 0.25) is 0 Å². The second kappa shape index (κ2) is 12.6. The van der Waals surface area contributed by atoms with Gasteiger partial charge in [-0.1, -0.05) is 74.5 Å². The van der Waals surface area contributed by atoms with Crippen LogP contribution in [0.3, 0.4) is 0 Å². The van der Waals surface area contributed by atoms with Crippen molar-refractivity contribution in [3.8, 4) is 16.9 Å². The van der Waals surface area contributed by atoms with Crippen molar-refractivity contribution >= 4 is 22.6 Å². The van der Waals surface area contributed by atoms with Crippen molar-refractivity contribution in [1.82, 2.24) is 10.2 Å². The average molecular weight is 583 g/mol. The highest BCUT2D eigenvalue weighted by Gasteiger charge is 2.27. The molecular formula is C36H39FN2O4. The highest BCUT2D eigenvalue weighted by Crippen LogP contribution is 2.40. The fourth-order valence-corrected chi connectivity index (χ4v) is 6.08. The zero-order chi connectivity index (χ0) is 30.7. The molecule has 1 atom stereocenters. The van der Waals surface area contributed by atoms with E-state index in [1.807, 2.05) is 42.5 Å². The summed E-state index contributed by atoms with van der Waals surface area (Å²) < 4.78 is 20.3. The van der Waals surface area contributed by atoms with Crippen LogP contribution in [0.5, 0.6) is 5.75 Å². The van der Waals surface area contributed by atoms with Crippen molar-refractivity contribution < 1.29 is 23.8 Å². The van der Waals surface area contributed by atoms with Gasteiger partial charge in [-0.3, -0.25) is 9.69 Å². The molecule has 4 aromatic rings. The first kappa shape index (κ1) is 30.2. The maximum atomic E-state index is 14.4. The second-order valence-electron chi connectivity index (χ2n) is 12.3. The number of carbonyl (C=O) groups is 2. The van der Waals surface area contributed by atoms with E-state index in [-0.39, 0.29) is 12.0 Å². The Kier molecular flexibility index (Phi) is 8.83. The third-order valence-electron chi connectivity index (χ3n) is 8.69. The third kappa shape index (κ3) is 6.57. The van der Waals surface area contributed by atoms with Crippen LogP contribution in [-0.4, -0.2) is 48.1 Å². The van der Waals surface area contributed by atoms with Gasteiger partial charge in [-0.05, 0) is 83.4 Å². The summed E-state index contributed by atoms with van der Waals surface area (Å²) in [5.41, 5.74) is 4.63. The number of carboxylic acids is 1. The van der Waals surface area contributed by atoms with Gasteiger partial charge in [-0.25, -0.2) is 9.18 Å². The number of nitrogens with one attached hydrogen (secondary N) is 1. The summed E-state index contributed by atoms with van der Waals surface area (Å²) in [6.45, 7) is 9.17. The summed E-state index contributed by atoms with van der Waals surface area (Å²) in [6.07, 6.45) is 2.35. The van der Waals surface area contributed by atoms with Crippen molar-refractivity contribution in [2.45, 2.75) is 52.6 Å². The topological polar surface area (TPSA) is 78.9 Å². The van der Waals surface area contributed by atoms with Gasteiger partial charge in [0.15, 0.2) is 0 Å². The van der Waals surface area contributed by atoms with Crippen molar-refractivity contribution in [3.63, 3.8) is 0 Å². The van der Waals surface area contributed by atoms with E-state index in [1.165, 1.54) is 17.7 Å². The van der Waals surface area contributed by atoms with Gasteiger partial charge in [-0.2, -0.15) is 0 Å². The minimum atomic E-state index is -1.24. The number of hydrogen-bond acceptors (Lipinski definition) is 4. The maximum Gasteiger partial charge on any atom is 0.326 e. The SMILES string of the molecule is COc1cccc(CN2CCC(C)(C)CC2)c1-c1cccc2c(C[C@H](NC(=O)c3c(C)cccc3F)C(=O)O)cccc12. The lowest BCUT2D eigenvalue weighted by Gasteiger charge is -2.37. The van der Waals surface area contributed by atoms with Crippen LogP contribution < -0.4 is 10.1 Å². The predicted molar refractivity (Wildman–Crippen MR) is 168 cm³/mol. The fraction of sp³-hybridized carbons (Fsp3) is 0.333. The number of likely N-dealkylation sites (tertiary alicyclic amines) is 1. The van der Waals surface area contributed by atoms with Gasteiger partial charge in [-0.15, -0.1) is 0 Å². The van der Waals surface area contributed by atoms with Crippen LogP contribution in [0.4, 0.5) is 4.39 Å². The highest BCUT2D eigenvalue weighted by atomic mass is 19.1. The van der Waals surface area contributed by atoms with Gasteiger partial charge in [0.05, 0.1) is 12.7 Å². The monoisotopic (exact) mass is 582 g/mol. The molecule has 7 heteroatoms. The van der Waals surface area contributed by atoms with Gasteiger partial charge >= 0.3 is 5.97 Å². The summed E-state index contributed by atoms with van der Waals surface area (Å²) in [4.78, 5) is 27.8. The number of carbonyl (C=O) groups excluding carboxylic acids is 1. The van der Waals surface area contributed by atoms with Crippen LogP contribution >= 0.6 is 0 Å². The summed E-state index contributed by atoms with van der Waals surface area (Å²) in [6, 6.07) is 21.1. The third-order valence-corrected chi connectivity index (χ3v) is 8.69. The molecule has 0 unspecified atom stereocenters. The maximum absolute atomic E-state index is 14.4. The number of nitrogens with zero attached hydrogens (tertiary/aromatic N) is 1. The van der Waals surface area contributed by atoms with Crippen molar-refractivity contribution in [1.29, 1.82) is 0 Å². The largest absolute Gasteiger partial charge is 0.496 e. The van der Waals surface area contributed by atoms with E-state index >= 15 is 0 Å². The Morgan fingerprint density at radius 2 is 1.60 bits per heavy atom. The van der Waals surface area contributed by atoms with Crippen LogP contribution in [0.15, 0.2) is 72.8 Å². The molecule has 1 aliphatic rings. The highest BCUT2D eigenvalue weighted by molar-refractivity contribution is 6.01. The number of rotatable bonds is 9. The van der Waals surface area contributed by atoms with Crippen molar-refractivity contribution in [2.24, 2.45) is 5.41 Å². The number of methoxy groups -OCH3 is 1. The Morgan fingerprint density at radius 3 is 2.30 bits per heavy atom. The lowest BCUT2D eigenvalue weighted by molar-refractivity contribution is -0.139. The van der Waals surface area contributed by atoms with E-state index < -0.39 is 23.7 Å². The predicted octanol–water partition coefficient (Wildman–Crippen LogP) is 7.01. The van der Waals surface area contributed by atoms with Crippen LogP contribution in [-0.2, 0) is 17.8 Å². The molecule has 6 nitrogen and oxygen atoms in total. The number of aryl methyl sites for hydroxylation is 1. The number of hydrogen-bond donors (Lipinski definition) is 2. The molecule has 1 saturated heterocycles. The summed E-state index contributed by atoms with van der Waals surface area (Å²) in [5.74, 6) is -1.84. The minimum absolute atomic E-state index is 0.0394. The molecule has 0 saturated carbocycles. The molecule has 43 heavy (non-hydrogen) atoms. The molecule has 0 aromatic heterocycles. The van der Waals surface area contributed by atoms with Gasteiger partial charge in [0.1, 0.15) is 17.6 Å². The quantitative estimate of drug-likeness (QED) is 0.222. The molecule has 1 fully saturated rings. The van der Waals surface area contributed by atoms with Crippen LogP contribution in [0.25, 0.3) is 21.9 Å². The number of piperidine rings is 1. The molecule has 0 aliphatic carbocycles. The number of benzene rings is 4. The molecule has 4 aromatic carbocycles. The summed E-state index contributed by atoms with van der Waals surface area (Å²) in [7, 11) is 1.68. The molecular weight excluding hydrogens is 543 g/mol. The van der Waals surface area contributed by atoms with Gasteiger partial charge in [0, 0.05) is 18.5 Å². The summed E-state index contributed by atoms with van der Waals surface area (Å²) >= 11 is 0. The van der Waals surface area contributed by atoms with E-state index in [0.717, 1.165) is 65.7 Å². The lowest BCUT2D eigenvalue weighted by Crippen LogP contribution is -2.42. The first-order valence-corrected chi connectivity index (χ1v) is 14.8. The molecule has 1 heterocycles. The molecule has 224 valence electrons. The zero-order valence-corrected chi connectivity index (χ0v) is 25.2. The average Bonchev–Trinajstić information content (AvgIpc) is 2.97. The first-order chi connectivity index (χ1) is 20.6. The fourth-order valence-electron chi connectivity index (χ4n) is 6.08. The van der Waals surface area contributed by atoms with Crippen molar-refractivity contribution in [3.05, 3.63) is 101 Å². The molecule has 0 radical (unpaired) electrons. The first-order valence-electron chi connectivity index (χ1n) is 14.8.